The highest BCUT2D eigenvalue weighted by Gasteiger charge is 2.40. The summed E-state index contributed by atoms with van der Waals surface area (Å²) < 4.78 is 24.2. The summed E-state index contributed by atoms with van der Waals surface area (Å²) in [5, 5.41) is 0. The van der Waals surface area contributed by atoms with Crippen LogP contribution in [0.25, 0.3) is 0 Å². The first kappa shape index (κ1) is 23.7. The third kappa shape index (κ3) is 6.54. The zero-order valence-corrected chi connectivity index (χ0v) is 19.6. The predicted octanol–water partition coefficient (Wildman–Crippen LogP) is 4.91. The molecule has 2 aromatic rings. The summed E-state index contributed by atoms with van der Waals surface area (Å²) in [7, 11) is -3.24. The van der Waals surface area contributed by atoms with Crippen LogP contribution in [0.4, 0.5) is 0 Å². The Morgan fingerprint density at radius 3 is 1.90 bits per heavy atom. The fraction of sp³-hybridized carbons (Fsp3) is 0.455. The molecule has 0 spiro atoms. The maximum atomic E-state index is 14.2. The molecular weight excluding hydrogens is 440 g/mol. The lowest BCUT2D eigenvalue weighted by Gasteiger charge is -2.42. The first-order valence-electron chi connectivity index (χ1n) is 10.3. The molecule has 0 aliphatic carbocycles. The van der Waals surface area contributed by atoms with Crippen LogP contribution in [0.1, 0.15) is 11.1 Å². The number of benzene rings is 2. The summed E-state index contributed by atoms with van der Waals surface area (Å²) in [6.45, 7) is 5.18. The second-order valence-corrected chi connectivity index (χ2v) is 10.4. The average Bonchev–Trinajstić information content (AvgIpc) is 2.79. The molecule has 1 fully saturated rings. The summed E-state index contributed by atoms with van der Waals surface area (Å²) in [4.78, 5) is 2.39. The SMILES string of the molecule is O=P(OCc1ccccc1)(N(CCCl)CCCl)N1CCN(Cc2ccccc2)CC1. The van der Waals surface area contributed by atoms with E-state index < -0.39 is 7.67 Å². The van der Waals surface area contributed by atoms with Gasteiger partial charge in [-0.1, -0.05) is 60.7 Å². The molecule has 0 aromatic heterocycles. The number of nitrogens with zero attached hydrogens (tertiary/aromatic N) is 3. The van der Waals surface area contributed by atoms with Crippen LogP contribution < -0.4 is 0 Å². The molecule has 0 bridgehead atoms. The van der Waals surface area contributed by atoms with Crippen molar-refractivity contribution in [1.82, 2.24) is 14.2 Å². The highest BCUT2D eigenvalue weighted by Crippen LogP contribution is 2.55. The van der Waals surface area contributed by atoms with E-state index in [1.54, 1.807) is 0 Å². The molecule has 1 saturated heterocycles. The quantitative estimate of drug-likeness (QED) is 0.345. The number of halogens is 2. The van der Waals surface area contributed by atoms with Crippen LogP contribution in [0.15, 0.2) is 60.7 Å². The Kier molecular flexibility index (Phi) is 9.66. The van der Waals surface area contributed by atoms with E-state index in [-0.39, 0.29) is 0 Å². The smallest absolute Gasteiger partial charge is 0.301 e. The Balaban J connectivity index is 1.69. The van der Waals surface area contributed by atoms with Crippen LogP contribution >= 0.6 is 30.9 Å². The van der Waals surface area contributed by atoms with E-state index >= 15 is 0 Å². The summed E-state index contributed by atoms with van der Waals surface area (Å²) in [6.07, 6.45) is 0. The van der Waals surface area contributed by atoms with Crippen LogP contribution in [0, 0.1) is 0 Å². The van der Waals surface area contributed by atoms with Crippen molar-refractivity contribution in [2.45, 2.75) is 13.2 Å². The molecule has 3 rings (SSSR count). The maximum absolute atomic E-state index is 14.2. The van der Waals surface area contributed by atoms with Gasteiger partial charge in [0.05, 0.1) is 6.61 Å². The van der Waals surface area contributed by atoms with E-state index in [9.17, 15) is 4.57 Å². The van der Waals surface area contributed by atoms with E-state index in [0.717, 1.165) is 25.2 Å². The number of piperazine rings is 1. The standard InChI is InChI=1S/C22H30Cl2N3O2P/c23-11-13-26(14-12-24)30(28,29-20-22-9-5-2-6-10-22)27-17-15-25(16-18-27)19-21-7-3-1-4-8-21/h1-10H,11-20H2. The minimum absolute atomic E-state index is 0.295. The first-order chi connectivity index (χ1) is 14.7. The van der Waals surface area contributed by atoms with Gasteiger partial charge in [-0.2, -0.15) is 0 Å². The van der Waals surface area contributed by atoms with Gasteiger partial charge in [-0.05, 0) is 11.1 Å². The average molecular weight is 470 g/mol. The van der Waals surface area contributed by atoms with Gasteiger partial charge in [-0.3, -0.25) is 9.46 Å². The predicted molar refractivity (Wildman–Crippen MR) is 125 cm³/mol. The summed E-state index contributed by atoms with van der Waals surface area (Å²) in [5.41, 5.74) is 2.29. The molecule has 0 N–H and O–H groups in total. The zero-order valence-electron chi connectivity index (χ0n) is 17.2. The van der Waals surface area contributed by atoms with Gasteiger partial charge in [0.2, 0.25) is 0 Å². The van der Waals surface area contributed by atoms with Gasteiger partial charge < -0.3 is 4.52 Å². The van der Waals surface area contributed by atoms with Gasteiger partial charge in [0.25, 0.3) is 0 Å². The minimum atomic E-state index is -3.24. The molecular formula is C22H30Cl2N3O2P. The van der Waals surface area contributed by atoms with E-state index in [2.05, 4.69) is 29.2 Å². The lowest BCUT2D eigenvalue weighted by atomic mass is 10.2. The molecule has 5 nitrogen and oxygen atoms in total. The Bertz CT molecular complexity index is 783. The van der Waals surface area contributed by atoms with Gasteiger partial charge in [0.15, 0.2) is 0 Å². The summed E-state index contributed by atoms with van der Waals surface area (Å²) in [6, 6.07) is 20.3. The molecule has 164 valence electrons. The molecule has 1 aliphatic heterocycles. The molecule has 0 radical (unpaired) electrons. The van der Waals surface area contributed by atoms with Crippen molar-refractivity contribution in [1.29, 1.82) is 0 Å². The van der Waals surface area contributed by atoms with Crippen molar-refractivity contribution < 1.29 is 9.09 Å². The number of hydrogen-bond donors (Lipinski definition) is 0. The molecule has 0 saturated carbocycles. The van der Waals surface area contributed by atoms with Crippen molar-refractivity contribution in [3.05, 3.63) is 71.8 Å². The fourth-order valence-electron chi connectivity index (χ4n) is 3.62. The topological polar surface area (TPSA) is 36.0 Å². The Hall–Kier alpha value is -0.910. The largest absolute Gasteiger partial charge is 0.346 e. The van der Waals surface area contributed by atoms with Crippen LogP contribution in [0.5, 0.6) is 0 Å². The van der Waals surface area contributed by atoms with E-state index in [1.165, 1.54) is 5.56 Å². The van der Waals surface area contributed by atoms with Gasteiger partial charge in [-0.15, -0.1) is 23.2 Å². The first-order valence-corrected chi connectivity index (χ1v) is 12.9. The number of hydrogen-bond acceptors (Lipinski definition) is 3. The lowest BCUT2D eigenvalue weighted by molar-refractivity contribution is 0.140. The molecule has 30 heavy (non-hydrogen) atoms. The van der Waals surface area contributed by atoms with Crippen molar-refractivity contribution in [2.24, 2.45) is 0 Å². The molecule has 1 aliphatic rings. The highest BCUT2D eigenvalue weighted by atomic mass is 35.5. The number of rotatable bonds is 11. The zero-order chi connectivity index (χ0) is 21.2. The number of alkyl halides is 2. The Morgan fingerprint density at radius 2 is 1.37 bits per heavy atom. The van der Waals surface area contributed by atoms with Gasteiger partial charge in [0, 0.05) is 57.6 Å². The second-order valence-electron chi connectivity index (χ2n) is 7.30. The third-order valence-corrected chi connectivity index (χ3v) is 8.27. The lowest BCUT2D eigenvalue weighted by Crippen LogP contribution is -2.47. The molecule has 1 heterocycles. The molecule has 8 heteroatoms. The Labute approximate surface area is 190 Å². The normalized spacial score (nSPS) is 17.8. The van der Waals surface area contributed by atoms with Gasteiger partial charge >= 0.3 is 7.67 Å². The van der Waals surface area contributed by atoms with Crippen LogP contribution in [0.3, 0.4) is 0 Å². The highest BCUT2D eigenvalue weighted by molar-refractivity contribution is 7.53. The van der Waals surface area contributed by atoms with E-state index in [0.29, 0.717) is 44.5 Å². The third-order valence-electron chi connectivity index (χ3n) is 5.24. The van der Waals surface area contributed by atoms with Crippen molar-refractivity contribution >= 4 is 30.9 Å². The van der Waals surface area contributed by atoms with Crippen LogP contribution in [0.2, 0.25) is 0 Å². The second kappa shape index (κ2) is 12.2. The maximum Gasteiger partial charge on any atom is 0.346 e. The van der Waals surface area contributed by atoms with Crippen LogP contribution in [-0.4, -0.2) is 65.3 Å². The van der Waals surface area contributed by atoms with Gasteiger partial charge in [0.1, 0.15) is 0 Å². The molecule has 2 aromatic carbocycles. The van der Waals surface area contributed by atoms with Gasteiger partial charge in [-0.25, -0.2) is 9.34 Å². The Morgan fingerprint density at radius 1 is 0.833 bits per heavy atom. The van der Waals surface area contributed by atoms with E-state index in [4.69, 9.17) is 27.7 Å². The minimum Gasteiger partial charge on any atom is -0.301 e. The monoisotopic (exact) mass is 469 g/mol. The van der Waals surface area contributed by atoms with Crippen molar-refractivity contribution in [3.8, 4) is 0 Å². The summed E-state index contributed by atoms with van der Waals surface area (Å²) >= 11 is 12.0. The van der Waals surface area contributed by atoms with E-state index in [1.807, 2.05) is 45.7 Å². The molecule has 1 unspecified atom stereocenters. The fourth-order valence-corrected chi connectivity index (χ4v) is 6.66. The van der Waals surface area contributed by atoms with Crippen molar-refractivity contribution in [2.75, 3.05) is 51.0 Å². The van der Waals surface area contributed by atoms with Crippen LogP contribution in [-0.2, 0) is 22.2 Å². The summed E-state index contributed by atoms with van der Waals surface area (Å²) in [5.74, 6) is 0.757. The molecule has 1 atom stereocenters. The molecule has 0 amide bonds. The van der Waals surface area contributed by atoms with Crippen molar-refractivity contribution in [3.63, 3.8) is 0 Å².